The average molecular weight is 214 g/mol. The van der Waals surface area contributed by atoms with Crippen LogP contribution in [0.15, 0.2) is 0 Å². The van der Waals surface area contributed by atoms with Crippen LogP contribution < -0.4 is 0 Å². The zero-order valence-electron chi connectivity index (χ0n) is 9.99. The molecule has 0 N–H and O–H groups in total. The fourth-order valence-corrected chi connectivity index (χ4v) is 2.44. The number of Topliss-reactive ketones (excluding diaryl/α,β-unsaturated/α-hetero) is 1. The summed E-state index contributed by atoms with van der Waals surface area (Å²) in [6.45, 7) is 4.75. The van der Waals surface area contributed by atoms with Gasteiger partial charge in [-0.05, 0) is 19.3 Å². The maximum atomic E-state index is 11.8. The molecule has 15 heavy (non-hydrogen) atoms. The third-order valence-electron chi connectivity index (χ3n) is 3.26. The highest BCUT2D eigenvalue weighted by Gasteiger charge is 2.34. The Balaban J connectivity index is 2.67. The molecule has 0 amide bonds. The Kier molecular flexibility index (Phi) is 5.26. The summed E-state index contributed by atoms with van der Waals surface area (Å²) in [5, 5.41) is 0. The van der Waals surface area contributed by atoms with Crippen LogP contribution in [0.2, 0.25) is 0 Å². The van der Waals surface area contributed by atoms with Gasteiger partial charge in [0.2, 0.25) is 0 Å². The molecule has 0 saturated carbocycles. The molecule has 3 atom stereocenters. The molecule has 0 radical (unpaired) electrons. The van der Waals surface area contributed by atoms with E-state index in [2.05, 4.69) is 6.92 Å². The summed E-state index contributed by atoms with van der Waals surface area (Å²) in [5.74, 6) is 0.705. The lowest BCUT2D eigenvalue weighted by Crippen LogP contribution is -2.38. The summed E-state index contributed by atoms with van der Waals surface area (Å²) in [7, 11) is 1.66. The molecule has 1 heterocycles. The van der Waals surface area contributed by atoms with Crippen LogP contribution in [0.25, 0.3) is 0 Å². The predicted octanol–water partition coefficient (Wildman–Crippen LogP) is 2.39. The molecule has 0 aliphatic carbocycles. The van der Waals surface area contributed by atoms with Crippen LogP contribution in [0.3, 0.4) is 0 Å². The van der Waals surface area contributed by atoms with E-state index in [0.29, 0.717) is 12.2 Å². The molecule has 0 bridgehead atoms. The third kappa shape index (κ3) is 3.02. The largest absolute Gasteiger partial charge is 0.356 e. The fraction of sp³-hybridized carbons (Fsp3) is 0.917. The highest BCUT2D eigenvalue weighted by atomic mass is 16.7. The highest BCUT2D eigenvalue weighted by molar-refractivity contribution is 5.80. The van der Waals surface area contributed by atoms with Crippen molar-refractivity contribution in [3.8, 4) is 0 Å². The molecule has 3 nitrogen and oxygen atoms in total. The summed E-state index contributed by atoms with van der Waals surface area (Å²) in [5.41, 5.74) is 0. The van der Waals surface area contributed by atoms with Crippen molar-refractivity contribution in [1.82, 2.24) is 0 Å². The summed E-state index contributed by atoms with van der Waals surface area (Å²) in [6, 6.07) is 0. The van der Waals surface area contributed by atoms with Crippen molar-refractivity contribution >= 4 is 5.78 Å². The quantitative estimate of drug-likeness (QED) is 0.705. The van der Waals surface area contributed by atoms with Gasteiger partial charge in [-0.25, -0.2) is 0 Å². The second-order valence-corrected chi connectivity index (χ2v) is 4.12. The molecule has 1 aliphatic rings. The SMILES string of the molecule is CCC(=O)C(CC)C1CCCOC1OC. The average Bonchev–Trinajstić information content (AvgIpc) is 2.30. The number of hydrogen-bond acceptors (Lipinski definition) is 3. The minimum absolute atomic E-state index is 0.111. The Hall–Kier alpha value is -0.410. The molecule has 0 spiro atoms. The molecule has 1 rings (SSSR count). The molecule has 3 heteroatoms. The summed E-state index contributed by atoms with van der Waals surface area (Å²) >= 11 is 0. The minimum Gasteiger partial charge on any atom is -0.356 e. The number of ketones is 1. The molecule has 88 valence electrons. The summed E-state index contributed by atoms with van der Waals surface area (Å²) < 4.78 is 10.8. The Morgan fingerprint density at radius 2 is 2.27 bits per heavy atom. The summed E-state index contributed by atoms with van der Waals surface area (Å²) in [6.07, 6.45) is 3.41. The standard InChI is InChI=1S/C12H22O3/c1-4-9(11(13)5-2)10-7-6-8-15-12(10)14-3/h9-10,12H,4-8H2,1-3H3. The summed E-state index contributed by atoms with van der Waals surface area (Å²) in [4.78, 5) is 11.8. The van der Waals surface area contributed by atoms with E-state index in [9.17, 15) is 4.79 Å². The van der Waals surface area contributed by atoms with Gasteiger partial charge in [-0.3, -0.25) is 4.79 Å². The van der Waals surface area contributed by atoms with Gasteiger partial charge in [-0.1, -0.05) is 13.8 Å². The van der Waals surface area contributed by atoms with Crippen molar-refractivity contribution in [2.45, 2.75) is 45.8 Å². The number of methoxy groups -OCH3 is 1. The van der Waals surface area contributed by atoms with Crippen molar-refractivity contribution in [2.24, 2.45) is 11.8 Å². The van der Waals surface area contributed by atoms with Crippen molar-refractivity contribution in [3.05, 3.63) is 0 Å². The van der Waals surface area contributed by atoms with E-state index in [1.807, 2.05) is 6.92 Å². The first kappa shape index (κ1) is 12.7. The first-order valence-electron chi connectivity index (χ1n) is 5.91. The van der Waals surface area contributed by atoms with Gasteiger partial charge in [0, 0.05) is 32.0 Å². The second kappa shape index (κ2) is 6.23. The van der Waals surface area contributed by atoms with Gasteiger partial charge in [0.05, 0.1) is 0 Å². The number of ether oxygens (including phenoxy) is 2. The van der Waals surface area contributed by atoms with Crippen LogP contribution in [0, 0.1) is 11.8 Å². The van der Waals surface area contributed by atoms with Crippen LogP contribution in [0.5, 0.6) is 0 Å². The lowest BCUT2D eigenvalue weighted by molar-refractivity contribution is -0.191. The van der Waals surface area contributed by atoms with Crippen LogP contribution in [0.1, 0.15) is 39.5 Å². The molecule has 0 aromatic rings. The first-order valence-corrected chi connectivity index (χ1v) is 5.91. The van der Waals surface area contributed by atoms with E-state index >= 15 is 0 Å². The third-order valence-corrected chi connectivity index (χ3v) is 3.26. The molecule has 1 saturated heterocycles. The van der Waals surface area contributed by atoms with Gasteiger partial charge >= 0.3 is 0 Å². The lowest BCUT2D eigenvalue weighted by atomic mass is 9.81. The van der Waals surface area contributed by atoms with Crippen LogP contribution in [0.4, 0.5) is 0 Å². The van der Waals surface area contributed by atoms with Gasteiger partial charge in [-0.15, -0.1) is 0 Å². The molecular formula is C12H22O3. The molecule has 0 aromatic carbocycles. The van der Waals surface area contributed by atoms with E-state index in [1.54, 1.807) is 7.11 Å². The van der Waals surface area contributed by atoms with Gasteiger partial charge in [-0.2, -0.15) is 0 Å². The molecule has 3 unspecified atom stereocenters. The van der Waals surface area contributed by atoms with E-state index in [4.69, 9.17) is 9.47 Å². The molecule has 1 fully saturated rings. The van der Waals surface area contributed by atoms with Gasteiger partial charge in [0.15, 0.2) is 6.29 Å². The van der Waals surface area contributed by atoms with Crippen molar-refractivity contribution < 1.29 is 14.3 Å². The minimum atomic E-state index is -0.181. The van der Waals surface area contributed by atoms with Crippen LogP contribution >= 0.6 is 0 Å². The zero-order chi connectivity index (χ0) is 11.3. The monoisotopic (exact) mass is 214 g/mol. The van der Waals surface area contributed by atoms with Crippen molar-refractivity contribution in [2.75, 3.05) is 13.7 Å². The normalized spacial score (nSPS) is 28.7. The lowest BCUT2D eigenvalue weighted by Gasteiger charge is -2.34. The van der Waals surface area contributed by atoms with E-state index < -0.39 is 0 Å². The predicted molar refractivity (Wildman–Crippen MR) is 58.6 cm³/mol. The number of hydrogen-bond donors (Lipinski definition) is 0. The first-order chi connectivity index (χ1) is 7.24. The maximum Gasteiger partial charge on any atom is 0.160 e. The second-order valence-electron chi connectivity index (χ2n) is 4.12. The van der Waals surface area contributed by atoms with E-state index in [1.165, 1.54) is 0 Å². The van der Waals surface area contributed by atoms with E-state index in [-0.39, 0.29) is 18.1 Å². The number of carbonyl (C=O) groups excluding carboxylic acids is 1. The topological polar surface area (TPSA) is 35.5 Å². The highest BCUT2D eigenvalue weighted by Crippen LogP contribution is 2.31. The van der Waals surface area contributed by atoms with Gasteiger partial charge < -0.3 is 9.47 Å². The van der Waals surface area contributed by atoms with E-state index in [0.717, 1.165) is 25.9 Å². The van der Waals surface area contributed by atoms with Crippen molar-refractivity contribution in [3.63, 3.8) is 0 Å². The Morgan fingerprint density at radius 1 is 1.53 bits per heavy atom. The Bertz CT molecular complexity index is 203. The van der Waals surface area contributed by atoms with Gasteiger partial charge in [0.1, 0.15) is 5.78 Å². The molecule has 1 aliphatic heterocycles. The zero-order valence-corrected chi connectivity index (χ0v) is 9.99. The van der Waals surface area contributed by atoms with Crippen molar-refractivity contribution in [1.29, 1.82) is 0 Å². The molecular weight excluding hydrogens is 192 g/mol. The van der Waals surface area contributed by atoms with Gasteiger partial charge in [0.25, 0.3) is 0 Å². The van der Waals surface area contributed by atoms with Crippen LogP contribution in [-0.2, 0) is 14.3 Å². The number of carbonyl (C=O) groups is 1. The maximum absolute atomic E-state index is 11.8. The number of rotatable bonds is 5. The Labute approximate surface area is 92.1 Å². The Morgan fingerprint density at radius 3 is 2.80 bits per heavy atom. The molecule has 0 aromatic heterocycles. The van der Waals surface area contributed by atoms with Crippen LogP contribution in [-0.4, -0.2) is 25.8 Å². The smallest absolute Gasteiger partial charge is 0.160 e. The fourth-order valence-electron chi connectivity index (χ4n) is 2.44.